The molecule has 0 spiro atoms. The second kappa shape index (κ2) is 8.14. The molecule has 3 aromatic rings. The number of ether oxygens (including phenoxy) is 1. The van der Waals surface area contributed by atoms with Crippen molar-refractivity contribution in [2.24, 2.45) is 10.7 Å². The van der Waals surface area contributed by atoms with Gasteiger partial charge in [0.15, 0.2) is 11.5 Å². The fraction of sp³-hybridized carbons (Fsp3) is 0.217. The average Bonchev–Trinajstić information content (AvgIpc) is 3.03. The van der Waals surface area contributed by atoms with Gasteiger partial charge in [-0.2, -0.15) is 0 Å². The van der Waals surface area contributed by atoms with Gasteiger partial charge in [0, 0.05) is 25.0 Å². The van der Waals surface area contributed by atoms with Crippen LogP contribution in [0.15, 0.2) is 66.2 Å². The van der Waals surface area contributed by atoms with Crippen LogP contribution in [-0.4, -0.2) is 47.1 Å². The topological polar surface area (TPSA) is 93.7 Å². The normalized spacial score (nSPS) is 18.2. The minimum Gasteiger partial charge on any atom is -0.491 e. The van der Waals surface area contributed by atoms with E-state index in [1.807, 2.05) is 37.3 Å². The van der Waals surface area contributed by atoms with Crippen LogP contribution in [0, 0.1) is 6.92 Å². The van der Waals surface area contributed by atoms with Crippen molar-refractivity contribution in [3.05, 3.63) is 77.9 Å². The zero-order chi connectivity index (χ0) is 22.0. The van der Waals surface area contributed by atoms with Crippen LogP contribution in [0.3, 0.4) is 0 Å². The zero-order valence-electron chi connectivity index (χ0n) is 17.2. The molecule has 1 aliphatic rings. The Balaban J connectivity index is 1.87. The van der Waals surface area contributed by atoms with Crippen LogP contribution in [0.5, 0.6) is 5.75 Å². The van der Waals surface area contributed by atoms with Gasteiger partial charge in [0.1, 0.15) is 25.4 Å². The predicted molar refractivity (Wildman–Crippen MR) is 115 cm³/mol. The summed E-state index contributed by atoms with van der Waals surface area (Å²) in [6, 6.07) is 12.9. The van der Waals surface area contributed by atoms with Gasteiger partial charge in [-0.3, -0.25) is 9.69 Å². The second-order valence-corrected chi connectivity index (χ2v) is 7.27. The molecule has 0 saturated carbocycles. The van der Waals surface area contributed by atoms with E-state index in [-0.39, 0.29) is 18.5 Å². The molecule has 1 amide bonds. The Kier molecular flexibility index (Phi) is 5.37. The number of nitrogens with zero attached hydrogens (tertiary/aromatic N) is 4. The van der Waals surface area contributed by atoms with E-state index in [9.17, 15) is 9.18 Å². The highest BCUT2D eigenvalue weighted by Crippen LogP contribution is 2.41. The lowest BCUT2D eigenvalue weighted by Crippen LogP contribution is -2.41. The van der Waals surface area contributed by atoms with E-state index in [1.165, 1.54) is 11.2 Å². The van der Waals surface area contributed by atoms with Crippen molar-refractivity contribution in [2.45, 2.75) is 12.5 Å². The van der Waals surface area contributed by atoms with Crippen LogP contribution >= 0.6 is 0 Å². The number of amides is 1. The number of likely N-dealkylation sites (N-methyl/N-ethyl adjacent to an activating group) is 1. The van der Waals surface area contributed by atoms with Crippen LogP contribution in [0.25, 0.3) is 11.1 Å². The number of guanidine groups is 1. The molecule has 2 N–H and O–H groups in total. The molecular formula is C23H22FN5O2. The summed E-state index contributed by atoms with van der Waals surface area (Å²) >= 11 is 0. The minimum atomic E-state index is -1.34. The van der Waals surface area contributed by atoms with Gasteiger partial charge in [-0.15, -0.1) is 0 Å². The number of hydrogen-bond acceptors (Lipinski definition) is 6. The first-order chi connectivity index (χ1) is 15.0. The number of aryl methyl sites for hydroxylation is 1. The Bertz CT molecular complexity index is 1150. The summed E-state index contributed by atoms with van der Waals surface area (Å²) < 4.78 is 18.0. The highest BCUT2D eigenvalue weighted by atomic mass is 19.1. The number of alkyl halides is 1. The van der Waals surface area contributed by atoms with E-state index < -0.39 is 12.2 Å². The van der Waals surface area contributed by atoms with Gasteiger partial charge in [-0.25, -0.2) is 19.4 Å². The highest BCUT2D eigenvalue weighted by Gasteiger charge is 2.49. The first-order valence-electron chi connectivity index (χ1n) is 9.76. The smallest absolute Gasteiger partial charge is 0.266 e. The predicted octanol–water partition coefficient (Wildman–Crippen LogP) is 2.83. The van der Waals surface area contributed by atoms with Crippen molar-refractivity contribution in [1.82, 2.24) is 14.9 Å². The fourth-order valence-corrected chi connectivity index (χ4v) is 3.74. The minimum absolute atomic E-state index is 0.0285. The number of aromatic nitrogens is 2. The summed E-state index contributed by atoms with van der Waals surface area (Å²) in [7, 11) is 1.60. The number of carbonyl (C=O) groups is 1. The lowest BCUT2D eigenvalue weighted by atomic mass is 9.81. The van der Waals surface area contributed by atoms with Crippen LogP contribution in [0.4, 0.5) is 4.39 Å². The van der Waals surface area contributed by atoms with E-state index >= 15 is 0 Å². The number of halogens is 1. The molecule has 1 atom stereocenters. The Morgan fingerprint density at radius 3 is 2.48 bits per heavy atom. The van der Waals surface area contributed by atoms with Gasteiger partial charge in [0.25, 0.3) is 5.91 Å². The van der Waals surface area contributed by atoms with Crippen molar-refractivity contribution >= 4 is 11.9 Å². The molecule has 1 aromatic heterocycles. The van der Waals surface area contributed by atoms with Crippen LogP contribution in [0.1, 0.15) is 16.7 Å². The Morgan fingerprint density at radius 1 is 1.10 bits per heavy atom. The monoisotopic (exact) mass is 419 g/mol. The number of hydrogen-bond donors (Lipinski definition) is 1. The maximum absolute atomic E-state index is 13.5. The molecule has 7 nitrogen and oxygen atoms in total. The van der Waals surface area contributed by atoms with Gasteiger partial charge in [0.05, 0.1) is 0 Å². The summed E-state index contributed by atoms with van der Waals surface area (Å²) in [4.78, 5) is 27.6. The number of carbonyl (C=O) groups excluding carboxylic acids is 1. The third kappa shape index (κ3) is 3.50. The molecule has 0 saturated heterocycles. The Hall–Kier alpha value is -3.81. The summed E-state index contributed by atoms with van der Waals surface area (Å²) in [5.41, 5.74) is 8.50. The molecule has 0 aliphatic carbocycles. The van der Waals surface area contributed by atoms with Crippen molar-refractivity contribution in [1.29, 1.82) is 0 Å². The van der Waals surface area contributed by atoms with Crippen molar-refractivity contribution < 1.29 is 13.9 Å². The Labute approximate surface area is 179 Å². The standard InChI is InChI=1S/C23H22FN5O2/c1-15-10-19(6-7-20(15)31-9-8-24)23(21(30)29(2)22(25)28-23)18-5-3-4-16(11-18)17-12-26-14-27-13-17/h3-7,10-14H,8-9H2,1-2H3,(H2,25,28)/t23-/m0/s1. The lowest BCUT2D eigenvalue weighted by Gasteiger charge is -2.27. The summed E-state index contributed by atoms with van der Waals surface area (Å²) in [5.74, 6) is 0.430. The van der Waals surface area contributed by atoms with Crippen molar-refractivity contribution in [3.8, 4) is 16.9 Å². The average molecular weight is 419 g/mol. The molecule has 4 rings (SSSR count). The quantitative estimate of drug-likeness (QED) is 0.663. The maximum atomic E-state index is 13.5. The van der Waals surface area contributed by atoms with Gasteiger partial charge in [-0.05, 0) is 47.4 Å². The van der Waals surface area contributed by atoms with Gasteiger partial charge in [-0.1, -0.05) is 24.3 Å². The van der Waals surface area contributed by atoms with Crippen LogP contribution in [0.2, 0.25) is 0 Å². The van der Waals surface area contributed by atoms with Crippen molar-refractivity contribution in [2.75, 3.05) is 20.3 Å². The van der Waals surface area contributed by atoms with Crippen LogP contribution in [-0.2, 0) is 10.3 Å². The van der Waals surface area contributed by atoms with E-state index in [0.717, 1.165) is 16.7 Å². The molecule has 0 fully saturated rings. The lowest BCUT2D eigenvalue weighted by molar-refractivity contribution is -0.129. The Morgan fingerprint density at radius 2 is 1.84 bits per heavy atom. The third-order valence-electron chi connectivity index (χ3n) is 5.34. The summed E-state index contributed by atoms with van der Waals surface area (Å²) in [6.45, 7) is 1.24. The van der Waals surface area contributed by atoms with E-state index in [4.69, 9.17) is 10.5 Å². The number of aliphatic imine (C=N–C) groups is 1. The highest BCUT2D eigenvalue weighted by molar-refractivity contribution is 6.09. The molecule has 0 unspecified atom stereocenters. The van der Waals surface area contributed by atoms with Crippen LogP contribution < -0.4 is 10.5 Å². The summed E-state index contributed by atoms with van der Waals surface area (Å²) in [5, 5.41) is 0. The van der Waals surface area contributed by atoms with Crippen molar-refractivity contribution in [3.63, 3.8) is 0 Å². The van der Waals surface area contributed by atoms with E-state index in [1.54, 1.807) is 31.6 Å². The molecule has 2 aromatic carbocycles. The third-order valence-corrected chi connectivity index (χ3v) is 5.34. The first-order valence-corrected chi connectivity index (χ1v) is 9.76. The molecule has 158 valence electrons. The molecule has 8 heteroatoms. The molecule has 31 heavy (non-hydrogen) atoms. The number of benzene rings is 2. The number of rotatable bonds is 6. The largest absolute Gasteiger partial charge is 0.491 e. The van der Waals surface area contributed by atoms with Gasteiger partial charge in [0.2, 0.25) is 0 Å². The fourth-order valence-electron chi connectivity index (χ4n) is 3.74. The van der Waals surface area contributed by atoms with Gasteiger partial charge < -0.3 is 10.5 Å². The number of nitrogens with two attached hydrogens (primary N) is 1. The first kappa shape index (κ1) is 20.5. The zero-order valence-corrected chi connectivity index (χ0v) is 17.2. The molecule has 0 radical (unpaired) electrons. The maximum Gasteiger partial charge on any atom is 0.266 e. The SMILES string of the molecule is Cc1cc([C@]2(c3cccc(-c4cncnc4)c3)N=C(N)N(C)C2=O)ccc1OCCF. The van der Waals surface area contributed by atoms with Gasteiger partial charge >= 0.3 is 0 Å². The molecule has 1 aliphatic heterocycles. The van der Waals surface area contributed by atoms with E-state index in [0.29, 0.717) is 16.9 Å². The summed E-state index contributed by atoms with van der Waals surface area (Å²) in [6.07, 6.45) is 4.88. The van der Waals surface area contributed by atoms with E-state index in [2.05, 4.69) is 15.0 Å². The second-order valence-electron chi connectivity index (χ2n) is 7.27. The molecule has 2 heterocycles. The molecule has 0 bridgehead atoms. The molecular weight excluding hydrogens is 397 g/mol.